The van der Waals surface area contributed by atoms with Gasteiger partial charge in [-0.3, -0.25) is 15.1 Å². The van der Waals surface area contributed by atoms with E-state index in [-0.39, 0.29) is 10.5 Å². The number of fused-ring (bicyclic) bond motifs is 2. The molecule has 0 fully saturated rings. The standard InChI is InChI=1S/C26H23FN8OS/c1-26(2,3)25(36)30-14-10-13(11-28-12-14)15-4-5-17-21(31-15)23(35-34-17)24-32-16-8-9-29-22(20(16)33-24)18-6-7-19(27)37-18/h4-12,25,30,36H,1-3H3,(H,32,33)(H,34,35). The van der Waals surface area contributed by atoms with Gasteiger partial charge in [0.15, 0.2) is 16.6 Å². The van der Waals surface area contributed by atoms with E-state index in [9.17, 15) is 9.50 Å². The lowest BCUT2D eigenvalue weighted by atomic mass is 9.94. The summed E-state index contributed by atoms with van der Waals surface area (Å²) in [4.78, 5) is 22.4. The first-order chi connectivity index (χ1) is 17.8. The fourth-order valence-corrected chi connectivity index (χ4v) is 4.66. The zero-order valence-corrected chi connectivity index (χ0v) is 21.1. The number of anilines is 1. The van der Waals surface area contributed by atoms with Crippen LogP contribution in [0.5, 0.6) is 0 Å². The zero-order chi connectivity index (χ0) is 25.7. The van der Waals surface area contributed by atoms with Crippen LogP contribution >= 0.6 is 11.3 Å². The van der Waals surface area contributed by atoms with E-state index in [2.05, 4.69) is 30.5 Å². The van der Waals surface area contributed by atoms with Gasteiger partial charge in [0.1, 0.15) is 23.0 Å². The molecule has 0 aromatic carbocycles. The van der Waals surface area contributed by atoms with Crippen LogP contribution in [0.4, 0.5) is 10.1 Å². The Bertz CT molecular complexity index is 1750. The summed E-state index contributed by atoms with van der Waals surface area (Å²) in [5.74, 6) is 0.527. The van der Waals surface area contributed by atoms with Gasteiger partial charge < -0.3 is 15.4 Å². The third-order valence-corrected chi connectivity index (χ3v) is 6.88. The Morgan fingerprint density at radius 1 is 1.00 bits per heavy atom. The average molecular weight is 515 g/mol. The Kier molecular flexibility index (Phi) is 5.46. The van der Waals surface area contributed by atoms with E-state index < -0.39 is 6.23 Å². The molecule has 0 aliphatic rings. The summed E-state index contributed by atoms with van der Waals surface area (Å²) in [5.41, 5.74) is 5.80. The third-order valence-electron chi connectivity index (χ3n) is 6.00. The summed E-state index contributed by atoms with van der Waals surface area (Å²) in [5, 5.41) is 20.7. The number of aromatic nitrogens is 7. The third kappa shape index (κ3) is 4.32. The van der Waals surface area contributed by atoms with Crippen molar-refractivity contribution >= 4 is 39.1 Å². The van der Waals surface area contributed by atoms with Gasteiger partial charge in [0.25, 0.3) is 0 Å². The number of thiophene rings is 1. The van der Waals surface area contributed by atoms with Crippen LogP contribution in [0, 0.1) is 10.5 Å². The molecular weight excluding hydrogens is 491 g/mol. The largest absolute Gasteiger partial charge is 0.373 e. The van der Waals surface area contributed by atoms with Crippen LogP contribution in [-0.4, -0.2) is 46.5 Å². The second-order valence-corrected chi connectivity index (χ2v) is 10.8. The van der Waals surface area contributed by atoms with Gasteiger partial charge in [-0.05, 0) is 36.4 Å². The molecule has 0 aliphatic heterocycles. The van der Waals surface area contributed by atoms with Crippen molar-refractivity contribution < 1.29 is 9.50 Å². The van der Waals surface area contributed by atoms with Gasteiger partial charge in [-0.15, -0.1) is 11.3 Å². The number of pyridine rings is 3. The molecule has 0 amide bonds. The predicted octanol–water partition coefficient (Wildman–Crippen LogP) is 5.60. The molecule has 0 saturated heterocycles. The Labute approximate surface area is 214 Å². The summed E-state index contributed by atoms with van der Waals surface area (Å²) in [6.07, 6.45) is 4.32. The number of hydrogen-bond donors (Lipinski definition) is 4. The molecule has 0 spiro atoms. The fourth-order valence-electron chi connectivity index (χ4n) is 3.93. The first kappa shape index (κ1) is 23.2. The molecule has 9 nitrogen and oxygen atoms in total. The molecule has 4 N–H and O–H groups in total. The molecule has 6 aromatic heterocycles. The maximum atomic E-state index is 13.7. The molecule has 1 atom stereocenters. The van der Waals surface area contributed by atoms with Crippen LogP contribution in [0.15, 0.2) is 55.0 Å². The number of aliphatic hydroxyl groups is 1. The molecule has 6 rings (SSSR count). The number of aromatic amines is 2. The molecule has 0 radical (unpaired) electrons. The van der Waals surface area contributed by atoms with Crippen molar-refractivity contribution in [1.82, 2.24) is 35.1 Å². The number of hydrogen-bond acceptors (Lipinski definition) is 8. The molecule has 0 aliphatic carbocycles. The molecule has 1 unspecified atom stereocenters. The highest BCUT2D eigenvalue weighted by molar-refractivity contribution is 7.13. The lowest BCUT2D eigenvalue weighted by Gasteiger charge is -2.27. The maximum absolute atomic E-state index is 13.7. The molecule has 0 bridgehead atoms. The number of nitrogens with zero attached hydrogens (tertiary/aromatic N) is 5. The number of imidazole rings is 1. The first-order valence-electron chi connectivity index (χ1n) is 11.6. The number of aliphatic hydroxyl groups excluding tert-OH is 1. The quantitative estimate of drug-likeness (QED) is 0.220. The van der Waals surface area contributed by atoms with Crippen LogP contribution in [0.3, 0.4) is 0 Å². The molecule has 6 aromatic rings. The van der Waals surface area contributed by atoms with Crippen LogP contribution in [0.25, 0.3) is 55.4 Å². The first-order valence-corrected chi connectivity index (χ1v) is 12.4. The van der Waals surface area contributed by atoms with Gasteiger partial charge in [0, 0.05) is 23.4 Å². The lowest BCUT2D eigenvalue weighted by molar-refractivity contribution is 0.0880. The summed E-state index contributed by atoms with van der Waals surface area (Å²) < 4.78 is 13.7. The van der Waals surface area contributed by atoms with Crippen molar-refractivity contribution in [2.45, 2.75) is 27.0 Å². The van der Waals surface area contributed by atoms with E-state index in [4.69, 9.17) is 9.97 Å². The molecular formula is C26H23FN8OS. The van der Waals surface area contributed by atoms with E-state index in [0.29, 0.717) is 44.5 Å². The zero-order valence-electron chi connectivity index (χ0n) is 20.2. The minimum Gasteiger partial charge on any atom is -0.373 e. The van der Waals surface area contributed by atoms with E-state index in [0.717, 1.165) is 27.9 Å². The Hall–Kier alpha value is -4.22. The van der Waals surface area contributed by atoms with Crippen molar-refractivity contribution in [2.75, 3.05) is 5.32 Å². The second-order valence-electron chi connectivity index (χ2n) is 9.78. The SMILES string of the molecule is CC(C)(C)C(O)Nc1cncc(-c2ccc3[nH]nc(-c4nc5c(-c6ccc(F)s6)nccc5[nH]4)c3n2)c1. The lowest BCUT2D eigenvalue weighted by Crippen LogP contribution is -2.33. The van der Waals surface area contributed by atoms with Gasteiger partial charge in [0.05, 0.1) is 33.5 Å². The number of rotatable bonds is 5. The van der Waals surface area contributed by atoms with Gasteiger partial charge >= 0.3 is 0 Å². The normalized spacial score (nSPS) is 12.9. The van der Waals surface area contributed by atoms with Crippen molar-refractivity contribution in [3.8, 4) is 33.3 Å². The minimum absolute atomic E-state index is 0.277. The highest BCUT2D eigenvalue weighted by Gasteiger charge is 2.22. The Balaban J connectivity index is 1.39. The monoisotopic (exact) mass is 514 g/mol. The summed E-state index contributed by atoms with van der Waals surface area (Å²) in [6, 6.07) is 10.6. The predicted molar refractivity (Wildman–Crippen MR) is 142 cm³/mol. The van der Waals surface area contributed by atoms with Crippen molar-refractivity contribution in [2.24, 2.45) is 5.41 Å². The van der Waals surface area contributed by atoms with Gasteiger partial charge in [0.2, 0.25) is 0 Å². The van der Waals surface area contributed by atoms with Crippen LogP contribution < -0.4 is 5.32 Å². The fraction of sp³-hybridized carbons (Fsp3) is 0.192. The molecule has 186 valence electrons. The van der Waals surface area contributed by atoms with E-state index >= 15 is 0 Å². The van der Waals surface area contributed by atoms with Gasteiger partial charge in [-0.1, -0.05) is 20.8 Å². The highest BCUT2D eigenvalue weighted by atomic mass is 32.1. The molecule has 11 heteroatoms. The van der Waals surface area contributed by atoms with Crippen molar-refractivity contribution in [3.05, 3.63) is 60.1 Å². The summed E-state index contributed by atoms with van der Waals surface area (Å²) >= 11 is 1.03. The van der Waals surface area contributed by atoms with Crippen molar-refractivity contribution in [3.63, 3.8) is 0 Å². The average Bonchev–Trinajstić information content (AvgIpc) is 3.60. The van der Waals surface area contributed by atoms with E-state index in [1.807, 2.05) is 45.0 Å². The van der Waals surface area contributed by atoms with E-state index in [1.54, 1.807) is 24.7 Å². The Morgan fingerprint density at radius 3 is 2.62 bits per heavy atom. The Morgan fingerprint density at radius 2 is 1.84 bits per heavy atom. The molecule has 37 heavy (non-hydrogen) atoms. The molecule has 6 heterocycles. The topological polar surface area (TPSA) is 128 Å². The van der Waals surface area contributed by atoms with Crippen LogP contribution in [0.1, 0.15) is 20.8 Å². The van der Waals surface area contributed by atoms with E-state index in [1.165, 1.54) is 6.07 Å². The van der Waals surface area contributed by atoms with Gasteiger partial charge in [-0.25, -0.2) is 9.97 Å². The minimum atomic E-state index is -0.737. The van der Waals surface area contributed by atoms with Gasteiger partial charge in [-0.2, -0.15) is 9.49 Å². The summed E-state index contributed by atoms with van der Waals surface area (Å²) in [6.45, 7) is 5.86. The van der Waals surface area contributed by atoms with Crippen LogP contribution in [-0.2, 0) is 0 Å². The molecule has 0 saturated carbocycles. The number of nitrogens with one attached hydrogen (secondary N) is 3. The summed E-state index contributed by atoms with van der Waals surface area (Å²) in [7, 11) is 0. The number of halogens is 1. The van der Waals surface area contributed by atoms with Crippen molar-refractivity contribution in [1.29, 1.82) is 0 Å². The second kappa shape index (κ2) is 8.71. The van der Waals surface area contributed by atoms with Crippen LogP contribution in [0.2, 0.25) is 0 Å². The number of H-pyrrole nitrogens is 2. The highest BCUT2D eigenvalue weighted by Crippen LogP contribution is 2.33. The smallest absolute Gasteiger partial charge is 0.177 e. The maximum Gasteiger partial charge on any atom is 0.177 e.